The third-order valence-corrected chi connectivity index (χ3v) is 2.18. The van der Waals surface area contributed by atoms with Crippen LogP contribution in [0.5, 0.6) is 0 Å². The first-order chi connectivity index (χ1) is 7.72. The van der Waals surface area contributed by atoms with Crippen LogP contribution < -0.4 is 0 Å². The summed E-state index contributed by atoms with van der Waals surface area (Å²) in [5.41, 5.74) is 0.898. The number of carbonyl (C=O) groups excluding carboxylic acids is 2. The van der Waals surface area contributed by atoms with Gasteiger partial charge in [-0.3, -0.25) is 0 Å². The van der Waals surface area contributed by atoms with Crippen LogP contribution in [-0.4, -0.2) is 22.4 Å². The van der Waals surface area contributed by atoms with Crippen molar-refractivity contribution in [2.45, 2.75) is 6.61 Å². The number of hydrogen-bond donors (Lipinski definition) is 0. The van der Waals surface area contributed by atoms with Gasteiger partial charge in [0.15, 0.2) is 0 Å². The first-order valence-electron chi connectivity index (χ1n) is 4.69. The molecule has 1 rings (SSSR count). The Morgan fingerprint density at radius 2 is 1.75 bits per heavy atom. The lowest BCUT2D eigenvalue weighted by atomic mass is 10.2. The number of rotatable bonds is 4. The second-order valence-electron chi connectivity index (χ2n) is 2.95. The van der Waals surface area contributed by atoms with Crippen LogP contribution in [0.25, 0.3) is 0 Å². The molecule has 0 aromatic heterocycles. The molecule has 4 nitrogen and oxygen atoms in total. The van der Waals surface area contributed by atoms with Gasteiger partial charge in [0.2, 0.25) is 10.5 Å². The molecule has 1 aromatic rings. The lowest BCUT2D eigenvalue weighted by Crippen LogP contribution is -2.03. The van der Waals surface area contributed by atoms with Crippen molar-refractivity contribution in [3.05, 3.63) is 48.0 Å². The predicted octanol–water partition coefficient (Wildman–Crippen LogP) is 0.110. The zero-order valence-corrected chi connectivity index (χ0v) is 10.9. The molecular formula is C11H12O4Si. The topological polar surface area (TPSA) is 52.6 Å². The second kappa shape index (κ2) is 6.57. The minimum absolute atomic E-state index is 0.194. The summed E-state index contributed by atoms with van der Waals surface area (Å²) in [7, 11) is 0.312. The van der Waals surface area contributed by atoms with E-state index in [0.29, 0.717) is 10.5 Å². The van der Waals surface area contributed by atoms with Crippen molar-refractivity contribution in [3.63, 3.8) is 0 Å². The van der Waals surface area contributed by atoms with Gasteiger partial charge in [-0.1, -0.05) is 30.3 Å². The summed E-state index contributed by atoms with van der Waals surface area (Å²) >= 11 is 0. The third-order valence-electron chi connectivity index (χ3n) is 1.78. The molecule has 16 heavy (non-hydrogen) atoms. The van der Waals surface area contributed by atoms with Crippen LogP contribution >= 0.6 is 0 Å². The van der Waals surface area contributed by atoms with Gasteiger partial charge in [0.05, 0.1) is 0 Å². The van der Waals surface area contributed by atoms with Gasteiger partial charge in [-0.25, -0.2) is 9.59 Å². The fourth-order valence-corrected chi connectivity index (χ4v) is 1.12. The Hall–Kier alpha value is -1.88. The number of esters is 1. The van der Waals surface area contributed by atoms with Crippen molar-refractivity contribution in [2.24, 2.45) is 0 Å². The smallest absolute Gasteiger partial charge is 0.331 e. The lowest BCUT2D eigenvalue weighted by Gasteiger charge is -2.01. The molecular weight excluding hydrogens is 224 g/mol. The van der Waals surface area contributed by atoms with Crippen molar-refractivity contribution in [3.8, 4) is 0 Å². The maximum Gasteiger partial charge on any atom is 0.331 e. The summed E-state index contributed by atoms with van der Waals surface area (Å²) in [6, 6.07) is 9.30. The molecule has 5 heteroatoms. The van der Waals surface area contributed by atoms with E-state index in [1.807, 2.05) is 30.3 Å². The minimum atomic E-state index is -0.559. The van der Waals surface area contributed by atoms with E-state index in [1.165, 1.54) is 0 Å². The lowest BCUT2D eigenvalue weighted by molar-refractivity contribution is -0.139. The average Bonchev–Trinajstić information content (AvgIpc) is 2.34. The molecule has 0 bridgehead atoms. The Morgan fingerprint density at radius 3 is 2.38 bits per heavy atom. The fourth-order valence-electron chi connectivity index (χ4n) is 0.981. The Labute approximate surface area is 96.4 Å². The van der Waals surface area contributed by atoms with Gasteiger partial charge < -0.3 is 9.16 Å². The fraction of sp³-hybridized carbons (Fsp3) is 0.0909. The molecule has 1 aromatic carbocycles. The van der Waals surface area contributed by atoms with Crippen molar-refractivity contribution in [2.75, 3.05) is 0 Å². The first-order valence-corrected chi connectivity index (χ1v) is 5.50. The van der Waals surface area contributed by atoms with E-state index in [0.717, 1.165) is 17.7 Å². The highest BCUT2D eigenvalue weighted by molar-refractivity contribution is 6.08. The van der Waals surface area contributed by atoms with Gasteiger partial charge in [0.1, 0.15) is 6.61 Å². The van der Waals surface area contributed by atoms with Gasteiger partial charge in [-0.05, 0) is 5.56 Å². The molecule has 0 aliphatic heterocycles. The van der Waals surface area contributed by atoms with Crippen molar-refractivity contribution >= 4 is 22.4 Å². The Morgan fingerprint density at radius 1 is 1.12 bits per heavy atom. The van der Waals surface area contributed by atoms with E-state index in [2.05, 4.69) is 4.43 Å². The summed E-state index contributed by atoms with van der Waals surface area (Å²) in [6.07, 6.45) is 2.11. The molecule has 0 saturated heterocycles. The zero-order chi connectivity index (χ0) is 11.8. The Kier molecular flexibility index (Phi) is 5.01. The molecule has 0 radical (unpaired) electrons. The molecule has 0 aliphatic carbocycles. The monoisotopic (exact) mass is 236 g/mol. The van der Waals surface area contributed by atoms with Crippen LogP contribution in [0.15, 0.2) is 42.5 Å². The molecule has 0 unspecified atom stereocenters. The number of hydrogen-bond acceptors (Lipinski definition) is 4. The van der Waals surface area contributed by atoms with Crippen LogP contribution in [0.3, 0.4) is 0 Å². The van der Waals surface area contributed by atoms with Gasteiger partial charge in [0, 0.05) is 12.2 Å². The zero-order valence-electron chi connectivity index (χ0n) is 8.88. The van der Waals surface area contributed by atoms with Gasteiger partial charge in [-0.2, -0.15) is 0 Å². The Bertz CT molecular complexity index is 386. The number of benzene rings is 1. The number of ether oxygens (including phenoxy) is 1. The maximum absolute atomic E-state index is 11.1. The van der Waals surface area contributed by atoms with Gasteiger partial charge in [-0.15, -0.1) is 0 Å². The van der Waals surface area contributed by atoms with Crippen LogP contribution in [0.4, 0.5) is 0 Å². The van der Waals surface area contributed by atoms with Crippen LogP contribution in [0, 0.1) is 0 Å². The van der Waals surface area contributed by atoms with Crippen LogP contribution in [-0.2, 0) is 25.4 Å². The minimum Gasteiger partial charge on any atom is -0.526 e. The summed E-state index contributed by atoms with van der Waals surface area (Å²) in [4.78, 5) is 21.8. The molecule has 0 spiro atoms. The molecule has 0 heterocycles. The molecule has 0 amide bonds. The van der Waals surface area contributed by atoms with E-state index in [9.17, 15) is 9.59 Å². The van der Waals surface area contributed by atoms with Gasteiger partial charge in [0.25, 0.3) is 0 Å². The van der Waals surface area contributed by atoms with Crippen LogP contribution in [0.1, 0.15) is 5.56 Å². The van der Waals surface area contributed by atoms with E-state index in [-0.39, 0.29) is 6.61 Å². The molecule has 0 N–H and O–H groups in total. The normalized spacial score (nSPS) is 10.2. The maximum atomic E-state index is 11.1. The number of carbonyl (C=O) groups is 2. The summed E-state index contributed by atoms with van der Waals surface area (Å²) in [6.45, 7) is 0.194. The summed E-state index contributed by atoms with van der Waals surface area (Å²) in [5.74, 6) is -1.08. The van der Waals surface area contributed by atoms with Crippen molar-refractivity contribution in [1.29, 1.82) is 0 Å². The first kappa shape index (κ1) is 12.2. The quantitative estimate of drug-likeness (QED) is 0.423. The van der Waals surface area contributed by atoms with Crippen molar-refractivity contribution < 1.29 is 18.8 Å². The van der Waals surface area contributed by atoms with E-state index >= 15 is 0 Å². The van der Waals surface area contributed by atoms with E-state index in [4.69, 9.17) is 4.74 Å². The molecule has 84 valence electrons. The second-order valence-corrected chi connectivity index (χ2v) is 3.36. The summed E-state index contributed by atoms with van der Waals surface area (Å²) in [5, 5.41) is 0. The highest BCUT2D eigenvalue weighted by atomic mass is 28.2. The predicted molar refractivity (Wildman–Crippen MR) is 61.4 cm³/mol. The highest BCUT2D eigenvalue weighted by Gasteiger charge is 1.99. The molecule has 0 saturated carbocycles. The standard InChI is InChI=1S/C11H12O4Si/c12-10(6-7-11(13)15-16)14-8-9-4-2-1-3-5-9/h1-7H,8H2,16H3/b7-6+. The van der Waals surface area contributed by atoms with E-state index < -0.39 is 11.9 Å². The van der Waals surface area contributed by atoms with Crippen LogP contribution in [0.2, 0.25) is 0 Å². The molecule has 0 atom stereocenters. The average molecular weight is 236 g/mol. The van der Waals surface area contributed by atoms with E-state index in [1.54, 1.807) is 0 Å². The SMILES string of the molecule is O=C(/C=C/C(=O)OCc1ccccc1)O[SiH3]. The largest absolute Gasteiger partial charge is 0.526 e. The third kappa shape index (κ3) is 4.56. The molecule has 0 aliphatic rings. The summed E-state index contributed by atoms with van der Waals surface area (Å²) < 4.78 is 9.37. The molecule has 0 fully saturated rings. The highest BCUT2D eigenvalue weighted by Crippen LogP contribution is 2.00. The van der Waals surface area contributed by atoms with Gasteiger partial charge >= 0.3 is 11.9 Å². The Balaban J connectivity index is 2.36. The van der Waals surface area contributed by atoms with Crippen molar-refractivity contribution in [1.82, 2.24) is 0 Å².